The van der Waals surface area contributed by atoms with Gasteiger partial charge in [0.05, 0.1) is 18.9 Å². The molecule has 1 saturated heterocycles. The molecule has 0 unspecified atom stereocenters. The van der Waals surface area contributed by atoms with E-state index in [0.29, 0.717) is 18.7 Å². The summed E-state index contributed by atoms with van der Waals surface area (Å²) in [6.45, 7) is 13.5. The van der Waals surface area contributed by atoms with Crippen molar-refractivity contribution >= 4 is 17.6 Å². The van der Waals surface area contributed by atoms with Gasteiger partial charge in [-0.2, -0.15) is 0 Å². The van der Waals surface area contributed by atoms with Crippen molar-refractivity contribution < 1.29 is 24.2 Å². The van der Waals surface area contributed by atoms with Crippen LogP contribution < -0.4 is 0 Å². The Hall–Kier alpha value is -1.93. The molecule has 2 atom stereocenters. The van der Waals surface area contributed by atoms with Crippen LogP contribution in [0.2, 0.25) is 0 Å². The maximum Gasteiger partial charge on any atom is 0.342 e. The summed E-state index contributed by atoms with van der Waals surface area (Å²) in [4.78, 5) is 36.8. The smallest absolute Gasteiger partial charge is 0.342 e. The molecule has 40 heavy (non-hydrogen) atoms. The predicted molar refractivity (Wildman–Crippen MR) is 155 cm³/mol. The molecule has 0 spiro atoms. The summed E-state index contributed by atoms with van der Waals surface area (Å²) in [5.41, 5.74) is -1.27. The normalized spacial score (nSPS) is 35.8. The molecule has 4 aliphatic carbocycles. The van der Waals surface area contributed by atoms with Gasteiger partial charge in [-0.25, -0.2) is 4.79 Å². The van der Waals surface area contributed by atoms with Crippen LogP contribution in [0.1, 0.15) is 86.5 Å². The van der Waals surface area contributed by atoms with Gasteiger partial charge in [0.1, 0.15) is 17.6 Å². The minimum Gasteiger partial charge on any atom is -0.508 e. The summed E-state index contributed by atoms with van der Waals surface area (Å²) in [5.74, 6) is 1.03. The fraction of sp³-hybridized carbons (Fsp3) is 0.844. The second kappa shape index (κ2) is 10.1. The van der Waals surface area contributed by atoms with Crippen molar-refractivity contribution in [3.63, 3.8) is 0 Å². The lowest BCUT2D eigenvalue weighted by Crippen LogP contribution is -2.57. The lowest BCUT2D eigenvalue weighted by molar-refractivity contribution is -0.160. The van der Waals surface area contributed by atoms with Gasteiger partial charge in [-0.1, -0.05) is 34.6 Å². The lowest BCUT2D eigenvalue weighted by atomic mass is 9.48. The third-order valence-corrected chi connectivity index (χ3v) is 9.95. The third-order valence-electron chi connectivity index (χ3n) is 9.95. The number of hydrogen-bond acceptors (Lipinski definition) is 7. The first kappa shape index (κ1) is 29.6. The number of hydrogen-bond donors (Lipinski definition) is 1. The van der Waals surface area contributed by atoms with E-state index in [-0.39, 0.29) is 41.3 Å². The van der Waals surface area contributed by atoms with E-state index in [1.165, 1.54) is 43.4 Å². The fourth-order valence-electron chi connectivity index (χ4n) is 9.14. The van der Waals surface area contributed by atoms with Crippen LogP contribution in [0.4, 0.5) is 0 Å². The molecule has 0 aromatic rings. The highest BCUT2D eigenvalue weighted by Crippen LogP contribution is 2.62. The van der Waals surface area contributed by atoms with E-state index in [4.69, 9.17) is 14.5 Å². The van der Waals surface area contributed by atoms with Crippen molar-refractivity contribution in [2.75, 3.05) is 40.4 Å². The first-order chi connectivity index (χ1) is 18.6. The quantitative estimate of drug-likeness (QED) is 0.318. The third kappa shape index (κ3) is 5.01. The zero-order valence-electron chi connectivity index (χ0n) is 26.0. The minimum atomic E-state index is -1.66. The van der Waals surface area contributed by atoms with E-state index < -0.39 is 23.2 Å². The number of aliphatic hydroxyl groups is 1. The van der Waals surface area contributed by atoms with E-state index >= 15 is 0 Å². The molecule has 5 fully saturated rings. The average Bonchev–Trinajstić information content (AvgIpc) is 3.31. The van der Waals surface area contributed by atoms with Crippen molar-refractivity contribution in [2.24, 2.45) is 39.0 Å². The van der Waals surface area contributed by atoms with Gasteiger partial charge in [-0.05, 0) is 94.5 Å². The van der Waals surface area contributed by atoms with Crippen LogP contribution in [-0.4, -0.2) is 84.7 Å². The number of amides is 1. The maximum absolute atomic E-state index is 14.4. The lowest BCUT2D eigenvalue weighted by Gasteiger charge is -2.57. The Morgan fingerprint density at radius 1 is 1.10 bits per heavy atom. The average molecular weight is 558 g/mol. The number of aliphatic hydroxyl groups excluding tert-OH is 1. The summed E-state index contributed by atoms with van der Waals surface area (Å²) in [7, 11) is 4.11. The second-order valence-corrected chi connectivity index (χ2v) is 15.8. The van der Waals surface area contributed by atoms with Gasteiger partial charge in [-0.15, -0.1) is 0 Å². The zero-order chi connectivity index (χ0) is 29.3. The van der Waals surface area contributed by atoms with Crippen LogP contribution in [0, 0.1) is 34.0 Å². The molecule has 4 saturated carbocycles. The van der Waals surface area contributed by atoms with Gasteiger partial charge >= 0.3 is 5.97 Å². The molecular formula is C32H51N3O5. The molecular weight excluding hydrogens is 506 g/mol. The van der Waals surface area contributed by atoms with Gasteiger partial charge < -0.3 is 19.5 Å². The number of ether oxygens (including phenoxy) is 2. The number of rotatable bonds is 9. The minimum absolute atomic E-state index is 0.108. The van der Waals surface area contributed by atoms with Crippen LogP contribution >= 0.6 is 0 Å². The molecule has 2 aliphatic heterocycles. The molecule has 6 rings (SSSR count). The van der Waals surface area contributed by atoms with Crippen molar-refractivity contribution in [3.05, 3.63) is 11.3 Å². The van der Waals surface area contributed by atoms with Crippen LogP contribution in [0.5, 0.6) is 0 Å². The largest absolute Gasteiger partial charge is 0.508 e. The van der Waals surface area contributed by atoms with Crippen LogP contribution in [0.15, 0.2) is 16.3 Å². The summed E-state index contributed by atoms with van der Waals surface area (Å²) in [5, 5.41) is 12.0. The van der Waals surface area contributed by atoms with E-state index in [9.17, 15) is 14.7 Å². The van der Waals surface area contributed by atoms with Gasteiger partial charge in [0.25, 0.3) is 5.91 Å². The van der Waals surface area contributed by atoms with E-state index in [2.05, 4.69) is 32.8 Å². The number of nitrogens with zero attached hydrogens (tertiary/aromatic N) is 3. The number of fused-ring (bicyclic) bond motifs is 1. The highest BCUT2D eigenvalue weighted by Gasteiger charge is 2.67. The van der Waals surface area contributed by atoms with Gasteiger partial charge in [0, 0.05) is 18.5 Å². The number of aliphatic imine (C=N–C) groups is 1. The highest BCUT2D eigenvalue weighted by molar-refractivity contribution is 6.26. The first-order valence-corrected chi connectivity index (χ1v) is 15.4. The van der Waals surface area contributed by atoms with Crippen LogP contribution in [0.25, 0.3) is 0 Å². The Kier molecular flexibility index (Phi) is 7.47. The molecule has 8 heteroatoms. The predicted octanol–water partition coefficient (Wildman–Crippen LogP) is 4.98. The number of esters is 1. The van der Waals surface area contributed by atoms with Gasteiger partial charge in [-0.3, -0.25) is 14.7 Å². The molecule has 6 aliphatic rings. The van der Waals surface area contributed by atoms with Crippen molar-refractivity contribution in [1.29, 1.82) is 0 Å². The SMILES string of the molecule is CCOC(=O)[C@]12CO[C@H](C(C)(C)C)N1C(=O)C(C(CC13CC4CC(CC(C4)C1)C3)=NCC(C)(C)CN(C)C)=C2O. The highest BCUT2D eigenvalue weighted by atomic mass is 16.6. The molecule has 1 N–H and O–H groups in total. The Balaban J connectivity index is 1.59. The van der Waals surface area contributed by atoms with Crippen molar-refractivity contribution in [3.8, 4) is 0 Å². The topological polar surface area (TPSA) is 91.7 Å². The van der Waals surface area contributed by atoms with Gasteiger partial charge in [0.15, 0.2) is 0 Å². The maximum atomic E-state index is 14.4. The van der Waals surface area contributed by atoms with E-state index in [1.54, 1.807) is 6.92 Å². The summed E-state index contributed by atoms with van der Waals surface area (Å²) in [6, 6.07) is 0. The molecule has 2 heterocycles. The molecule has 224 valence electrons. The second-order valence-electron chi connectivity index (χ2n) is 15.8. The molecule has 1 amide bonds. The molecule has 8 nitrogen and oxygen atoms in total. The van der Waals surface area contributed by atoms with E-state index in [0.717, 1.165) is 24.3 Å². The van der Waals surface area contributed by atoms with Crippen molar-refractivity contribution in [2.45, 2.75) is 98.3 Å². The Morgan fingerprint density at radius 2 is 1.68 bits per heavy atom. The van der Waals surface area contributed by atoms with Gasteiger partial charge in [0.2, 0.25) is 5.54 Å². The molecule has 0 aromatic carbocycles. The zero-order valence-corrected chi connectivity index (χ0v) is 26.0. The number of carbonyl (C=O) groups excluding carboxylic acids is 2. The molecule has 0 aromatic heterocycles. The first-order valence-electron chi connectivity index (χ1n) is 15.4. The number of carbonyl (C=O) groups is 2. The van der Waals surface area contributed by atoms with Crippen LogP contribution in [0.3, 0.4) is 0 Å². The fourth-order valence-corrected chi connectivity index (χ4v) is 9.14. The summed E-state index contributed by atoms with van der Waals surface area (Å²) < 4.78 is 11.6. The Labute approximate surface area is 240 Å². The molecule has 4 bridgehead atoms. The summed E-state index contributed by atoms with van der Waals surface area (Å²) in [6.07, 6.45) is 7.50. The monoisotopic (exact) mass is 557 g/mol. The van der Waals surface area contributed by atoms with Crippen molar-refractivity contribution in [1.82, 2.24) is 9.80 Å². The Morgan fingerprint density at radius 3 is 2.17 bits per heavy atom. The van der Waals surface area contributed by atoms with Crippen LogP contribution in [-0.2, 0) is 19.1 Å². The standard InChI is InChI=1S/C32H51N3O5/c1-9-39-28(38)32-19-40-27(29(2,3)4)35(32)26(37)24(25(32)36)23(33-17-30(5,6)18-34(7)8)16-31-13-20-10-21(14-31)12-22(11-20)15-31/h20-22,27,36H,9-19H2,1-8H3/t20?,21?,22?,27-,31?,32-/m1/s1. The molecule has 0 radical (unpaired) electrons. The summed E-state index contributed by atoms with van der Waals surface area (Å²) >= 11 is 0. The Bertz CT molecular complexity index is 1070. The van der Waals surface area contributed by atoms with E-state index in [1.807, 2.05) is 20.8 Å².